The largest absolute Gasteiger partial charge is 0.496 e. The van der Waals surface area contributed by atoms with Crippen LogP contribution in [0.5, 0.6) is 34.5 Å². The smallest absolute Gasteiger partial charge is 0.203 e. The fraction of sp³-hybridized carbons (Fsp3) is 0.350. The van der Waals surface area contributed by atoms with Crippen LogP contribution in [0, 0.1) is 0 Å². The van der Waals surface area contributed by atoms with Crippen molar-refractivity contribution in [2.24, 2.45) is 0 Å². The Kier molecular flexibility index (Phi) is 6.48. The van der Waals surface area contributed by atoms with Crippen LogP contribution in [0.2, 0.25) is 0 Å². The normalized spacial score (nSPS) is 17.8. The summed E-state index contributed by atoms with van der Waals surface area (Å²) in [4.78, 5) is 12.5. The van der Waals surface area contributed by atoms with Crippen LogP contribution in [0.4, 0.5) is 0 Å². The number of carbonyl (C=O) groups is 1. The first-order valence-electron chi connectivity index (χ1n) is 8.51. The number of benzene rings is 2. The van der Waals surface area contributed by atoms with E-state index in [9.17, 15) is 4.79 Å². The number of alkyl halides is 1. The summed E-state index contributed by atoms with van der Waals surface area (Å²) in [5, 5.41) is 0. The van der Waals surface area contributed by atoms with Gasteiger partial charge in [0.1, 0.15) is 32.5 Å². The zero-order valence-electron chi connectivity index (χ0n) is 16.5. The summed E-state index contributed by atoms with van der Waals surface area (Å²) in [7, 11) is 7.60. The zero-order chi connectivity index (χ0) is 21.3. The topological polar surface area (TPSA) is 72.5 Å². The van der Waals surface area contributed by atoms with E-state index in [4.69, 9.17) is 28.4 Å². The number of carbonyl (C=O) groups excluding carboxylic acids is 1. The lowest BCUT2D eigenvalue weighted by atomic mass is 9.94. The molecule has 0 spiro atoms. The van der Waals surface area contributed by atoms with Crippen molar-refractivity contribution in [2.75, 3.05) is 35.5 Å². The van der Waals surface area contributed by atoms with Crippen LogP contribution in [-0.4, -0.2) is 46.2 Å². The highest BCUT2D eigenvalue weighted by Gasteiger charge is 2.41. The number of ketones is 1. The standard InChI is InChI=1S/C20H20Br2O7/c1-24-10-8-11(25-2)15(21)20-14(10)17(23)16(22)18(29-20)9-6-12(26-3)19(28-5)13(7-9)27-4/h6-8,16,18H,1-5H3. The van der Waals surface area contributed by atoms with E-state index in [1.165, 1.54) is 35.5 Å². The summed E-state index contributed by atoms with van der Waals surface area (Å²) in [6, 6.07) is 5.15. The molecule has 2 aromatic rings. The minimum atomic E-state index is -0.660. The van der Waals surface area contributed by atoms with Gasteiger partial charge in [0.15, 0.2) is 23.0 Å². The van der Waals surface area contributed by atoms with Gasteiger partial charge < -0.3 is 28.4 Å². The van der Waals surface area contributed by atoms with Gasteiger partial charge in [0.25, 0.3) is 0 Å². The molecule has 0 fully saturated rings. The first-order chi connectivity index (χ1) is 13.9. The Hall–Kier alpha value is -2.13. The molecule has 0 bridgehead atoms. The summed E-state index contributed by atoms with van der Waals surface area (Å²) < 4.78 is 33.8. The second-order valence-corrected chi connectivity index (χ2v) is 7.84. The fourth-order valence-electron chi connectivity index (χ4n) is 3.21. The second kappa shape index (κ2) is 8.71. The van der Waals surface area contributed by atoms with Crippen molar-refractivity contribution in [3.8, 4) is 34.5 Å². The van der Waals surface area contributed by atoms with E-state index in [2.05, 4.69) is 31.9 Å². The SMILES string of the molecule is COc1cc(OC)c2c(c1Br)OC(c1cc(OC)c(OC)c(OC)c1)C(Br)C2=O. The van der Waals surface area contributed by atoms with Gasteiger partial charge in [-0.25, -0.2) is 0 Å². The van der Waals surface area contributed by atoms with Gasteiger partial charge in [-0.1, -0.05) is 15.9 Å². The van der Waals surface area contributed by atoms with E-state index in [-0.39, 0.29) is 5.78 Å². The molecule has 0 aromatic heterocycles. The summed E-state index contributed by atoms with van der Waals surface area (Å²) in [6.07, 6.45) is -0.656. The molecule has 0 amide bonds. The van der Waals surface area contributed by atoms with Gasteiger partial charge in [-0.3, -0.25) is 4.79 Å². The zero-order valence-corrected chi connectivity index (χ0v) is 19.7. The molecule has 2 atom stereocenters. The second-order valence-electron chi connectivity index (χ2n) is 6.06. The Labute approximate surface area is 185 Å². The number of ether oxygens (including phenoxy) is 6. The average molecular weight is 532 g/mol. The quantitative estimate of drug-likeness (QED) is 0.505. The van der Waals surface area contributed by atoms with Gasteiger partial charge in [-0.05, 0) is 28.1 Å². The van der Waals surface area contributed by atoms with Gasteiger partial charge >= 0.3 is 0 Å². The number of hydrogen-bond donors (Lipinski definition) is 0. The van der Waals surface area contributed by atoms with Crippen LogP contribution >= 0.6 is 31.9 Å². The maximum atomic E-state index is 13.2. The summed E-state index contributed by atoms with van der Waals surface area (Å²) in [6.45, 7) is 0. The van der Waals surface area contributed by atoms with Crippen molar-refractivity contribution in [2.45, 2.75) is 10.9 Å². The van der Waals surface area contributed by atoms with E-state index in [1.807, 2.05) is 0 Å². The van der Waals surface area contributed by atoms with Gasteiger partial charge in [-0.15, -0.1) is 0 Å². The lowest BCUT2D eigenvalue weighted by Crippen LogP contribution is -2.32. The highest BCUT2D eigenvalue weighted by Crippen LogP contribution is 2.51. The first kappa shape index (κ1) is 21.6. The number of Topliss-reactive ketones (excluding diaryl/α,β-unsaturated/α-hetero) is 1. The molecule has 0 saturated carbocycles. The Morgan fingerprint density at radius 1 is 0.828 bits per heavy atom. The van der Waals surface area contributed by atoms with Gasteiger partial charge in [0.2, 0.25) is 5.75 Å². The van der Waals surface area contributed by atoms with E-state index < -0.39 is 10.9 Å². The van der Waals surface area contributed by atoms with Crippen LogP contribution in [0.1, 0.15) is 22.0 Å². The fourth-order valence-corrected chi connectivity index (χ4v) is 4.42. The van der Waals surface area contributed by atoms with E-state index in [1.54, 1.807) is 18.2 Å². The molecule has 2 unspecified atom stereocenters. The highest BCUT2D eigenvalue weighted by molar-refractivity contribution is 9.10. The molecule has 0 N–H and O–H groups in total. The monoisotopic (exact) mass is 530 g/mol. The van der Waals surface area contributed by atoms with Crippen molar-refractivity contribution in [1.82, 2.24) is 0 Å². The third kappa shape index (κ3) is 3.61. The van der Waals surface area contributed by atoms with E-state index in [0.29, 0.717) is 50.1 Å². The number of rotatable bonds is 6. The Morgan fingerprint density at radius 3 is 1.86 bits per heavy atom. The van der Waals surface area contributed by atoms with Crippen molar-refractivity contribution < 1.29 is 33.2 Å². The molecular formula is C20H20Br2O7. The van der Waals surface area contributed by atoms with E-state index in [0.717, 1.165) is 0 Å². The van der Waals surface area contributed by atoms with Gasteiger partial charge in [0.05, 0.1) is 35.5 Å². The third-order valence-electron chi connectivity index (χ3n) is 4.61. The molecule has 9 heteroatoms. The highest BCUT2D eigenvalue weighted by atomic mass is 79.9. The van der Waals surface area contributed by atoms with E-state index >= 15 is 0 Å². The molecule has 0 aliphatic carbocycles. The van der Waals surface area contributed by atoms with Crippen LogP contribution in [0.25, 0.3) is 0 Å². The number of halogens is 2. The molecule has 0 radical (unpaired) electrons. The lowest BCUT2D eigenvalue weighted by Gasteiger charge is -2.32. The molecule has 3 rings (SSSR count). The summed E-state index contributed by atoms with van der Waals surface area (Å²) >= 11 is 6.96. The van der Waals surface area contributed by atoms with Crippen molar-refractivity contribution >= 4 is 37.6 Å². The van der Waals surface area contributed by atoms with Crippen molar-refractivity contribution in [3.05, 3.63) is 33.8 Å². The minimum absolute atomic E-state index is 0.176. The molecule has 1 heterocycles. The Bertz CT molecular complexity index is 920. The molecule has 1 aliphatic rings. The maximum absolute atomic E-state index is 13.2. The Morgan fingerprint density at radius 2 is 1.38 bits per heavy atom. The average Bonchev–Trinajstić information content (AvgIpc) is 2.75. The molecule has 29 heavy (non-hydrogen) atoms. The molecular weight excluding hydrogens is 512 g/mol. The van der Waals surface area contributed by atoms with Crippen molar-refractivity contribution in [1.29, 1.82) is 0 Å². The number of hydrogen-bond acceptors (Lipinski definition) is 7. The van der Waals surface area contributed by atoms with Crippen LogP contribution in [0.15, 0.2) is 22.7 Å². The van der Waals surface area contributed by atoms with Crippen LogP contribution in [0.3, 0.4) is 0 Å². The molecule has 156 valence electrons. The number of methoxy groups -OCH3 is 5. The predicted molar refractivity (Wildman–Crippen MR) is 114 cm³/mol. The minimum Gasteiger partial charge on any atom is -0.496 e. The number of fused-ring (bicyclic) bond motifs is 1. The molecule has 0 saturated heterocycles. The molecule has 2 aromatic carbocycles. The predicted octanol–water partition coefficient (Wildman–Crippen LogP) is 4.57. The molecule has 7 nitrogen and oxygen atoms in total. The Balaban J connectivity index is 2.17. The lowest BCUT2D eigenvalue weighted by molar-refractivity contribution is 0.0864. The summed E-state index contributed by atoms with van der Waals surface area (Å²) in [5.41, 5.74) is 1.01. The summed E-state index contributed by atoms with van der Waals surface area (Å²) in [5.74, 6) is 2.42. The van der Waals surface area contributed by atoms with Crippen LogP contribution < -0.4 is 28.4 Å². The molecule has 1 aliphatic heterocycles. The third-order valence-corrected chi connectivity index (χ3v) is 6.26. The van der Waals surface area contributed by atoms with Gasteiger partial charge in [-0.2, -0.15) is 0 Å². The first-order valence-corrected chi connectivity index (χ1v) is 10.2. The maximum Gasteiger partial charge on any atom is 0.203 e. The van der Waals surface area contributed by atoms with Crippen molar-refractivity contribution in [3.63, 3.8) is 0 Å². The van der Waals surface area contributed by atoms with Crippen LogP contribution in [-0.2, 0) is 0 Å². The van der Waals surface area contributed by atoms with Gasteiger partial charge in [0, 0.05) is 11.6 Å².